The highest BCUT2D eigenvalue weighted by atomic mass is 19.1. The minimum Gasteiger partial charge on any atom is -0.496 e. The summed E-state index contributed by atoms with van der Waals surface area (Å²) in [5, 5.41) is 9.32. The highest BCUT2D eigenvalue weighted by Gasteiger charge is 2.15. The molecule has 0 aliphatic heterocycles. The third kappa shape index (κ3) is 1.80. The SMILES string of the molecule is COc1c(C)ccc(F)c1C(C)O. The number of halogens is 1. The van der Waals surface area contributed by atoms with E-state index in [-0.39, 0.29) is 5.56 Å². The van der Waals surface area contributed by atoms with E-state index in [0.29, 0.717) is 5.75 Å². The first-order valence-electron chi connectivity index (χ1n) is 4.09. The van der Waals surface area contributed by atoms with Gasteiger partial charge in [-0.2, -0.15) is 0 Å². The lowest BCUT2D eigenvalue weighted by atomic mass is 10.1. The first-order valence-corrected chi connectivity index (χ1v) is 4.09. The van der Waals surface area contributed by atoms with Crippen molar-refractivity contribution in [2.45, 2.75) is 20.0 Å². The third-order valence-corrected chi connectivity index (χ3v) is 1.96. The van der Waals surface area contributed by atoms with Gasteiger partial charge in [-0.25, -0.2) is 4.39 Å². The fraction of sp³-hybridized carbons (Fsp3) is 0.400. The van der Waals surface area contributed by atoms with E-state index < -0.39 is 11.9 Å². The number of rotatable bonds is 2. The Balaban J connectivity index is 3.35. The van der Waals surface area contributed by atoms with Crippen molar-refractivity contribution >= 4 is 0 Å². The van der Waals surface area contributed by atoms with E-state index >= 15 is 0 Å². The van der Waals surface area contributed by atoms with E-state index in [4.69, 9.17) is 4.74 Å². The monoisotopic (exact) mass is 184 g/mol. The lowest BCUT2D eigenvalue weighted by molar-refractivity contribution is 0.188. The summed E-state index contributed by atoms with van der Waals surface area (Å²) in [6.45, 7) is 3.32. The molecule has 1 atom stereocenters. The van der Waals surface area contributed by atoms with Crippen molar-refractivity contribution < 1.29 is 14.2 Å². The summed E-state index contributed by atoms with van der Waals surface area (Å²) in [7, 11) is 1.47. The van der Waals surface area contributed by atoms with Crippen molar-refractivity contribution in [2.75, 3.05) is 7.11 Å². The van der Waals surface area contributed by atoms with Crippen molar-refractivity contribution in [3.05, 3.63) is 29.1 Å². The van der Waals surface area contributed by atoms with Gasteiger partial charge >= 0.3 is 0 Å². The first-order chi connectivity index (χ1) is 6.07. The van der Waals surface area contributed by atoms with Crippen LogP contribution in [0.15, 0.2) is 12.1 Å². The van der Waals surface area contributed by atoms with Gasteiger partial charge in [-0.3, -0.25) is 0 Å². The molecule has 0 fully saturated rings. The average Bonchev–Trinajstić information content (AvgIpc) is 2.07. The zero-order chi connectivity index (χ0) is 10.0. The summed E-state index contributed by atoms with van der Waals surface area (Å²) >= 11 is 0. The quantitative estimate of drug-likeness (QED) is 0.763. The van der Waals surface area contributed by atoms with Crippen LogP contribution < -0.4 is 4.74 Å². The zero-order valence-electron chi connectivity index (χ0n) is 7.97. The number of ether oxygens (including phenoxy) is 1. The molecule has 0 radical (unpaired) electrons. The highest BCUT2D eigenvalue weighted by molar-refractivity contribution is 5.42. The number of hydrogen-bond acceptors (Lipinski definition) is 2. The number of methoxy groups -OCH3 is 1. The average molecular weight is 184 g/mol. The number of aliphatic hydroxyl groups is 1. The van der Waals surface area contributed by atoms with Gasteiger partial charge in [-0.15, -0.1) is 0 Å². The fourth-order valence-corrected chi connectivity index (χ4v) is 1.34. The van der Waals surface area contributed by atoms with Gasteiger partial charge in [0, 0.05) is 0 Å². The highest BCUT2D eigenvalue weighted by Crippen LogP contribution is 2.30. The van der Waals surface area contributed by atoms with Crippen LogP contribution in [-0.2, 0) is 0 Å². The lowest BCUT2D eigenvalue weighted by Crippen LogP contribution is -2.01. The Morgan fingerprint density at radius 3 is 2.46 bits per heavy atom. The minimum absolute atomic E-state index is 0.225. The van der Waals surface area contributed by atoms with Crippen LogP contribution >= 0.6 is 0 Å². The Kier molecular flexibility index (Phi) is 2.88. The normalized spacial score (nSPS) is 12.7. The molecule has 0 saturated heterocycles. The van der Waals surface area contributed by atoms with Crippen molar-refractivity contribution in [1.29, 1.82) is 0 Å². The van der Waals surface area contributed by atoms with E-state index in [0.717, 1.165) is 5.56 Å². The smallest absolute Gasteiger partial charge is 0.132 e. The van der Waals surface area contributed by atoms with Gasteiger partial charge in [-0.1, -0.05) is 6.07 Å². The number of benzene rings is 1. The summed E-state index contributed by atoms with van der Waals surface area (Å²) in [6.07, 6.45) is -0.852. The van der Waals surface area contributed by atoms with Gasteiger partial charge in [0.05, 0.1) is 18.8 Å². The molecule has 0 amide bonds. The number of aliphatic hydroxyl groups excluding tert-OH is 1. The van der Waals surface area contributed by atoms with Crippen LogP contribution in [0, 0.1) is 12.7 Å². The third-order valence-electron chi connectivity index (χ3n) is 1.96. The van der Waals surface area contributed by atoms with E-state index in [9.17, 15) is 9.50 Å². The molecule has 0 saturated carbocycles. The molecule has 0 aliphatic rings. The first kappa shape index (κ1) is 9.99. The summed E-state index contributed by atoms with van der Waals surface area (Å²) < 4.78 is 18.2. The van der Waals surface area contributed by atoms with Gasteiger partial charge in [-0.05, 0) is 25.5 Å². The van der Waals surface area contributed by atoms with Gasteiger partial charge in [0.2, 0.25) is 0 Å². The molecule has 1 rings (SSSR count). The van der Waals surface area contributed by atoms with E-state index in [1.54, 1.807) is 6.07 Å². The molecule has 2 nitrogen and oxygen atoms in total. The maximum Gasteiger partial charge on any atom is 0.132 e. The second kappa shape index (κ2) is 3.75. The van der Waals surface area contributed by atoms with Crippen molar-refractivity contribution in [1.82, 2.24) is 0 Å². The van der Waals surface area contributed by atoms with Crippen LogP contribution in [0.4, 0.5) is 4.39 Å². The second-order valence-corrected chi connectivity index (χ2v) is 2.99. The molecule has 0 bridgehead atoms. The summed E-state index contributed by atoms with van der Waals surface area (Å²) in [4.78, 5) is 0. The van der Waals surface area contributed by atoms with Crippen LogP contribution in [-0.4, -0.2) is 12.2 Å². The maximum absolute atomic E-state index is 13.2. The standard InChI is InChI=1S/C10H13FO2/c1-6-4-5-8(11)9(7(2)12)10(6)13-3/h4-5,7,12H,1-3H3. The molecule has 0 aliphatic carbocycles. The van der Waals surface area contributed by atoms with Crippen LogP contribution in [0.3, 0.4) is 0 Å². The molecule has 3 heteroatoms. The van der Waals surface area contributed by atoms with Gasteiger partial charge < -0.3 is 9.84 Å². The molecule has 1 aromatic carbocycles. The number of aryl methyl sites for hydroxylation is 1. The largest absolute Gasteiger partial charge is 0.496 e. The molecule has 72 valence electrons. The predicted molar refractivity (Wildman–Crippen MR) is 48.3 cm³/mol. The maximum atomic E-state index is 13.2. The van der Waals surface area contributed by atoms with Gasteiger partial charge in [0.25, 0.3) is 0 Å². The Morgan fingerprint density at radius 2 is 2.08 bits per heavy atom. The van der Waals surface area contributed by atoms with Crippen LogP contribution in [0.25, 0.3) is 0 Å². The van der Waals surface area contributed by atoms with Crippen LogP contribution in [0.2, 0.25) is 0 Å². The minimum atomic E-state index is -0.852. The van der Waals surface area contributed by atoms with Crippen molar-refractivity contribution in [3.8, 4) is 5.75 Å². The predicted octanol–water partition coefficient (Wildman–Crippen LogP) is 2.20. The Morgan fingerprint density at radius 1 is 1.46 bits per heavy atom. The van der Waals surface area contributed by atoms with E-state index in [1.165, 1.54) is 20.1 Å². The Hall–Kier alpha value is -1.09. The zero-order valence-corrected chi connectivity index (χ0v) is 7.97. The molecule has 1 aromatic rings. The molecular weight excluding hydrogens is 171 g/mol. The molecule has 13 heavy (non-hydrogen) atoms. The Labute approximate surface area is 77.0 Å². The summed E-state index contributed by atoms with van der Waals surface area (Å²) in [6, 6.07) is 2.96. The molecule has 0 heterocycles. The van der Waals surface area contributed by atoms with Crippen LogP contribution in [0.5, 0.6) is 5.75 Å². The Bertz CT molecular complexity index is 308. The van der Waals surface area contributed by atoms with E-state index in [2.05, 4.69) is 0 Å². The van der Waals surface area contributed by atoms with E-state index in [1.807, 2.05) is 6.92 Å². The topological polar surface area (TPSA) is 29.5 Å². The number of hydrogen-bond donors (Lipinski definition) is 1. The summed E-state index contributed by atoms with van der Waals surface area (Å²) in [5.74, 6) is -0.00699. The molecule has 0 spiro atoms. The molecule has 1 unspecified atom stereocenters. The molecule has 0 aromatic heterocycles. The second-order valence-electron chi connectivity index (χ2n) is 2.99. The van der Waals surface area contributed by atoms with Gasteiger partial charge in [0.1, 0.15) is 11.6 Å². The molecular formula is C10H13FO2. The fourth-order valence-electron chi connectivity index (χ4n) is 1.34. The van der Waals surface area contributed by atoms with Crippen molar-refractivity contribution in [3.63, 3.8) is 0 Å². The summed E-state index contributed by atoms with van der Waals surface area (Å²) in [5.41, 5.74) is 1.04. The van der Waals surface area contributed by atoms with Crippen LogP contribution in [0.1, 0.15) is 24.2 Å². The molecule has 1 N–H and O–H groups in total. The lowest BCUT2D eigenvalue weighted by Gasteiger charge is -2.13. The van der Waals surface area contributed by atoms with Gasteiger partial charge in [0.15, 0.2) is 0 Å². The van der Waals surface area contributed by atoms with Crippen molar-refractivity contribution in [2.24, 2.45) is 0 Å².